The molecule has 3 rings (SSSR count). The second kappa shape index (κ2) is 7.34. The summed E-state index contributed by atoms with van der Waals surface area (Å²) in [4.78, 5) is 12.2. The summed E-state index contributed by atoms with van der Waals surface area (Å²) in [6.07, 6.45) is -4.52. The molecule has 0 bridgehead atoms. The van der Waals surface area contributed by atoms with Crippen LogP contribution in [0, 0.1) is 25.7 Å². The van der Waals surface area contributed by atoms with Gasteiger partial charge in [0.25, 0.3) is 0 Å². The van der Waals surface area contributed by atoms with Gasteiger partial charge in [0.05, 0.1) is 16.9 Å². The van der Waals surface area contributed by atoms with Crippen LogP contribution >= 0.6 is 0 Å². The fourth-order valence-electron chi connectivity index (χ4n) is 3.23. The third-order valence-electron chi connectivity index (χ3n) is 5.04. The first-order chi connectivity index (χ1) is 12.7. The van der Waals surface area contributed by atoms with Gasteiger partial charge in [-0.15, -0.1) is 0 Å². The molecule has 2 aromatic rings. The van der Waals surface area contributed by atoms with Crippen molar-refractivity contribution in [3.05, 3.63) is 46.8 Å². The third-order valence-corrected chi connectivity index (χ3v) is 5.04. The molecule has 1 atom stereocenters. The predicted molar refractivity (Wildman–Crippen MR) is 95.4 cm³/mol. The number of hydrogen-bond donors (Lipinski definition) is 2. The number of carbonyl (C=O) groups is 1. The Labute approximate surface area is 155 Å². The second-order valence-electron chi connectivity index (χ2n) is 7.10. The number of rotatable bonds is 5. The van der Waals surface area contributed by atoms with Gasteiger partial charge in [-0.2, -0.15) is 18.3 Å². The summed E-state index contributed by atoms with van der Waals surface area (Å²) in [5, 5.41) is 9.98. The molecule has 1 aliphatic rings. The van der Waals surface area contributed by atoms with E-state index in [1.54, 1.807) is 32.9 Å². The average molecular weight is 380 g/mol. The highest BCUT2D eigenvalue weighted by atomic mass is 19.4. The summed E-state index contributed by atoms with van der Waals surface area (Å²) in [7, 11) is 0. The van der Waals surface area contributed by atoms with Crippen molar-refractivity contribution in [2.75, 3.05) is 13.1 Å². The van der Waals surface area contributed by atoms with E-state index in [-0.39, 0.29) is 29.9 Å². The minimum absolute atomic E-state index is 0.0417. The van der Waals surface area contributed by atoms with Crippen LogP contribution in [0.2, 0.25) is 0 Å². The van der Waals surface area contributed by atoms with Crippen LogP contribution in [0.15, 0.2) is 24.3 Å². The quantitative estimate of drug-likeness (QED) is 0.839. The minimum Gasteiger partial charge on any atom is -0.352 e. The van der Waals surface area contributed by atoms with Crippen LogP contribution < -0.4 is 10.6 Å². The SMILES string of the molecule is Cc1cc(C)n(-c2ccc(CNC(=O)C(C)C3CNC3)c(C(F)(F)F)c2)n1. The lowest BCUT2D eigenvalue weighted by Gasteiger charge is -2.31. The van der Waals surface area contributed by atoms with E-state index in [1.807, 2.05) is 0 Å². The van der Waals surface area contributed by atoms with Gasteiger partial charge in [-0.1, -0.05) is 13.0 Å². The first-order valence-electron chi connectivity index (χ1n) is 8.89. The molecule has 1 aromatic carbocycles. The molecule has 8 heteroatoms. The highest BCUT2D eigenvalue weighted by Crippen LogP contribution is 2.33. The molecule has 1 unspecified atom stereocenters. The average Bonchev–Trinajstić information content (AvgIpc) is 2.88. The summed E-state index contributed by atoms with van der Waals surface area (Å²) in [5.41, 5.74) is 1.12. The fourth-order valence-corrected chi connectivity index (χ4v) is 3.23. The Morgan fingerprint density at radius 3 is 2.56 bits per heavy atom. The zero-order chi connectivity index (χ0) is 19.8. The summed E-state index contributed by atoms with van der Waals surface area (Å²) >= 11 is 0. The number of amides is 1. The van der Waals surface area contributed by atoms with E-state index < -0.39 is 11.7 Å². The van der Waals surface area contributed by atoms with Crippen molar-refractivity contribution in [2.24, 2.45) is 11.8 Å². The fraction of sp³-hybridized carbons (Fsp3) is 0.474. The topological polar surface area (TPSA) is 59.0 Å². The van der Waals surface area contributed by atoms with Crippen LogP contribution in [0.5, 0.6) is 0 Å². The lowest BCUT2D eigenvalue weighted by Crippen LogP contribution is -2.49. The smallest absolute Gasteiger partial charge is 0.352 e. The van der Waals surface area contributed by atoms with Crippen LogP contribution in [-0.2, 0) is 17.5 Å². The molecule has 0 saturated carbocycles. The maximum atomic E-state index is 13.6. The summed E-state index contributed by atoms with van der Waals surface area (Å²) < 4.78 is 42.2. The van der Waals surface area contributed by atoms with Gasteiger partial charge < -0.3 is 10.6 Å². The summed E-state index contributed by atoms with van der Waals surface area (Å²) in [6, 6.07) is 5.89. The Morgan fingerprint density at radius 1 is 1.33 bits per heavy atom. The molecule has 1 aliphatic heterocycles. The van der Waals surface area contributed by atoms with E-state index in [2.05, 4.69) is 15.7 Å². The number of benzene rings is 1. The first kappa shape index (κ1) is 19.4. The van der Waals surface area contributed by atoms with E-state index in [0.29, 0.717) is 5.69 Å². The van der Waals surface area contributed by atoms with Gasteiger partial charge in [-0.05, 0) is 56.6 Å². The number of alkyl halides is 3. The van der Waals surface area contributed by atoms with E-state index in [1.165, 1.54) is 10.7 Å². The molecule has 1 aromatic heterocycles. The zero-order valence-corrected chi connectivity index (χ0v) is 15.5. The van der Waals surface area contributed by atoms with Crippen molar-refractivity contribution < 1.29 is 18.0 Å². The monoisotopic (exact) mass is 380 g/mol. The number of halogens is 3. The Bertz CT molecular complexity index is 840. The van der Waals surface area contributed by atoms with Crippen LogP contribution in [0.1, 0.15) is 29.4 Å². The predicted octanol–water partition coefficient (Wildman–Crippen LogP) is 2.98. The minimum atomic E-state index is -4.52. The van der Waals surface area contributed by atoms with Gasteiger partial charge in [-0.25, -0.2) is 4.68 Å². The Kier molecular flexibility index (Phi) is 5.28. The number of nitrogens with one attached hydrogen (secondary N) is 2. The zero-order valence-electron chi connectivity index (χ0n) is 15.5. The molecule has 27 heavy (non-hydrogen) atoms. The van der Waals surface area contributed by atoms with E-state index in [9.17, 15) is 18.0 Å². The number of aromatic nitrogens is 2. The van der Waals surface area contributed by atoms with Crippen LogP contribution in [0.3, 0.4) is 0 Å². The lowest BCUT2D eigenvalue weighted by molar-refractivity contribution is -0.138. The van der Waals surface area contributed by atoms with Crippen molar-refractivity contribution in [1.82, 2.24) is 20.4 Å². The molecule has 5 nitrogen and oxygen atoms in total. The van der Waals surface area contributed by atoms with E-state index in [0.717, 1.165) is 30.5 Å². The normalized spacial score (nSPS) is 16.1. The van der Waals surface area contributed by atoms with Crippen molar-refractivity contribution in [3.8, 4) is 5.69 Å². The molecule has 1 fully saturated rings. The largest absolute Gasteiger partial charge is 0.416 e. The second-order valence-corrected chi connectivity index (χ2v) is 7.10. The molecule has 1 saturated heterocycles. The molecule has 0 spiro atoms. The highest BCUT2D eigenvalue weighted by Gasteiger charge is 2.34. The number of hydrogen-bond acceptors (Lipinski definition) is 3. The number of nitrogens with zero attached hydrogens (tertiary/aromatic N) is 2. The van der Waals surface area contributed by atoms with Crippen molar-refractivity contribution in [3.63, 3.8) is 0 Å². The lowest BCUT2D eigenvalue weighted by atomic mass is 9.88. The maximum absolute atomic E-state index is 13.6. The molecular formula is C19H23F3N4O. The molecule has 0 radical (unpaired) electrons. The molecule has 0 aliphatic carbocycles. The van der Waals surface area contributed by atoms with E-state index in [4.69, 9.17) is 0 Å². The van der Waals surface area contributed by atoms with Crippen LogP contribution in [-0.4, -0.2) is 28.8 Å². The molecule has 2 N–H and O–H groups in total. The molecular weight excluding hydrogens is 357 g/mol. The molecule has 2 heterocycles. The number of aryl methyl sites for hydroxylation is 2. The Hall–Kier alpha value is -2.35. The van der Waals surface area contributed by atoms with Crippen LogP contribution in [0.25, 0.3) is 5.69 Å². The van der Waals surface area contributed by atoms with Crippen molar-refractivity contribution in [2.45, 2.75) is 33.5 Å². The Balaban J connectivity index is 1.82. The van der Waals surface area contributed by atoms with E-state index >= 15 is 0 Å². The van der Waals surface area contributed by atoms with Gasteiger partial charge in [0.1, 0.15) is 0 Å². The van der Waals surface area contributed by atoms with Gasteiger partial charge in [-0.3, -0.25) is 4.79 Å². The van der Waals surface area contributed by atoms with Gasteiger partial charge in [0.15, 0.2) is 0 Å². The van der Waals surface area contributed by atoms with Gasteiger partial charge >= 0.3 is 6.18 Å². The molecule has 146 valence electrons. The third kappa shape index (κ3) is 4.16. The van der Waals surface area contributed by atoms with Crippen LogP contribution in [0.4, 0.5) is 13.2 Å². The number of carbonyl (C=O) groups excluding carboxylic acids is 1. The molecule has 1 amide bonds. The van der Waals surface area contributed by atoms with Crippen molar-refractivity contribution in [1.29, 1.82) is 0 Å². The summed E-state index contributed by atoms with van der Waals surface area (Å²) in [5.74, 6) is -0.215. The first-order valence-corrected chi connectivity index (χ1v) is 8.89. The Morgan fingerprint density at radius 2 is 2.04 bits per heavy atom. The summed E-state index contributed by atoms with van der Waals surface area (Å²) in [6.45, 7) is 6.75. The van der Waals surface area contributed by atoms with Crippen molar-refractivity contribution >= 4 is 5.91 Å². The highest BCUT2D eigenvalue weighted by molar-refractivity contribution is 5.78. The van der Waals surface area contributed by atoms with Gasteiger partial charge in [0.2, 0.25) is 5.91 Å². The van der Waals surface area contributed by atoms with Gasteiger partial charge in [0, 0.05) is 18.2 Å². The standard InChI is InChI=1S/C19H23F3N4O/c1-11-6-12(2)26(25-11)16-5-4-14(17(7-16)19(20,21)22)10-24-18(27)13(3)15-8-23-9-15/h4-7,13,15,23H,8-10H2,1-3H3,(H,24,27). The maximum Gasteiger partial charge on any atom is 0.416 e.